The summed E-state index contributed by atoms with van der Waals surface area (Å²) in [6, 6.07) is 7.12. The summed E-state index contributed by atoms with van der Waals surface area (Å²) >= 11 is 7.87. The summed E-state index contributed by atoms with van der Waals surface area (Å²) in [5.74, 6) is 0.854. The number of hydrogen-bond donors (Lipinski definition) is 1. The highest BCUT2D eigenvalue weighted by Gasteiger charge is 2.27. The second-order valence-corrected chi connectivity index (χ2v) is 6.65. The smallest absolute Gasteiger partial charge is 0.262 e. The Balaban J connectivity index is 2.36. The van der Waals surface area contributed by atoms with Gasteiger partial charge in [-0.3, -0.25) is 9.36 Å². The Labute approximate surface area is 132 Å². The van der Waals surface area contributed by atoms with Crippen LogP contribution in [0.5, 0.6) is 0 Å². The van der Waals surface area contributed by atoms with E-state index in [1.807, 2.05) is 32.0 Å². The SMILES string of the molecule is CC(N)c1nc2n(c(=O)c1-c1ccccc1Cl)C(C)CS2. The summed E-state index contributed by atoms with van der Waals surface area (Å²) in [4.78, 5) is 17.6. The molecule has 0 saturated carbocycles. The number of fused-ring (bicyclic) bond motifs is 1. The van der Waals surface area contributed by atoms with E-state index >= 15 is 0 Å². The molecular formula is C15H16ClN3OS. The van der Waals surface area contributed by atoms with Gasteiger partial charge >= 0.3 is 0 Å². The minimum atomic E-state index is -0.327. The van der Waals surface area contributed by atoms with Crippen LogP contribution in [0.3, 0.4) is 0 Å². The fourth-order valence-corrected chi connectivity index (χ4v) is 3.87. The van der Waals surface area contributed by atoms with Crippen molar-refractivity contribution in [3.8, 4) is 11.1 Å². The van der Waals surface area contributed by atoms with Crippen LogP contribution in [0.25, 0.3) is 11.1 Å². The third kappa shape index (κ3) is 2.39. The lowest BCUT2D eigenvalue weighted by molar-refractivity contribution is 0.535. The Hall–Kier alpha value is -1.30. The normalized spacial score (nSPS) is 18.6. The van der Waals surface area contributed by atoms with E-state index in [1.165, 1.54) is 0 Å². The van der Waals surface area contributed by atoms with Gasteiger partial charge in [-0.25, -0.2) is 4.98 Å². The first kappa shape index (κ1) is 14.6. The van der Waals surface area contributed by atoms with E-state index in [1.54, 1.807) is 22.4 Å². The summed E-state index contributed by atoms with van der Waals surface area (Å²) in [6.45, 7) is 3.86. The lowest BCUT2D eigenvalue weighted by Gasteiger charge is -2.16. The number of benzene rings is 1. The topological polar surface area (TPSA) is 60.9 Å². The molecule has 0 bridgehead atoms. The van der Waals surface area contributed by atoms with Crippen LogP contribution < -0.4 is 11.3 Å². The van der Waals surface area contributed by atoms with Gasteiger partial charge < -0.3 is 5.73 Å². The summed E-state index contributed by atoms with van der Waals surface area (Å²) in [7, 11) is 0. The standard InChI is InChI=1S/C15H16ClN3OS/c1-8-7-21-15-18-13(9(2)17)12(14(20)19(8)15)10-5-3-4-6-11(10)16/h3-6,8-9H,7,17H2,1-2H3. The van der Waals surface area contributed by atoms with Crippen molar-refractivity contribution < 1.29 is 0 Å². The predicted octanol–water partition coefficient (Wildman–Crippen LogP) is 3.25. The molecule has 110 valence electrons. The van der Waals surface area contributed by atoms with Crippen LogP contribution in [0.15, 0.2) is 34.2 Å². The molecule has 0 fully saturated rings. The minimum Gasteiger partial charge on any atom is -0.323 e. The third-order valence-electron chi connectivity index (χ3n) is 3.58. The van der Waals surface area contributed by atoms with Crippen LogP contribution in [-0.2, 0) is 0 Å². The van der Waals surface area contributed by atoms with E-state index in [0.717, 1.165) is 10.9 Å². The molecule has 1 aliphatic rings. The quantitative estimate of drug-likeness (QED) is 0.862. The van der Waals surface area contributed by atoms with Crippen molar-refractivity contribution >= 4 is 23.4 Å². The van der Waals surface area contributed by atoms with Gasteiger partial charge in [0.25, 0.3) is 5.56 Å². The van der Waals surface area contributed by atoms with E-state index in [-0.39, 0.29) is 17.6 Å². The average molecular weight is 322 g/mol. The van der Waals surface area contributed by atoms with Gasteiger partial charge in [-0.15, -0.1) is 0 Å². The van der Waals surface area contributed by atoms with Crippen LogP contribution in [0, 0.1) is 0 Å². The summed E-state index contributed by atoms with van der Waals surface area (Å²) in [5.41, 5.74) is 7.81. The Kier molecular flexibility index (Phi) is 3.82. The molecule has 0 spiro atoms. The van der Waals surface area contributed by atoms with Crippen LogP contribution >= 0.6 is 23.4 Å². The molecule has 4 nitrogen and oxygen atoms in total. The molecule has 2 atom stereocenters. The monoisotopic (exact) mass is 321 g/mol. The third-order valence-corrected chi connectivity index (χ3v) is 5.10. The molecule has 0 aliphatic carbocycles. The lowest BCUT2D eigenvalue weighted by Crippen LogP contribution is -2.28. The predicted molar refractivity (Wildman–Crippen MR) is 87.0 cm³/mol. The number of nitrogens with two attached hydrogens (primary N) is 1. The molecule has 2 N–H and O–H groups in total. The maximum atomic E-state index is 12.9. The highest BCUT2D eigenvalue weighted by Crippen LogP contribution is 2.35. The molecule has 2 aromatic rings. The van der Waals surface area contributed by atoms with Gasteiger partial charge in [0.1, 0.15) is 0 Å². The number of thioether (sulfide) groups is 1. The summed E-state index contributed by atoms with van der Waals surface area (Å²) in [6.07, 6.45) is 0. The zero-order valence-electron chi connectivity index (χ0n) is 11.8. The number of aromatic nitrogens is 2. The molecule has 6 heteroatoms. The first-order valence-corrected chi connectivity index (χ1v) is 8.16. The van der Waals surface area contributed by atoms with Crippen LogP contribution in [-0.4, -0.2) is 15.3 Å². The van der Waals surface area contributed by atoms with Gasteiger partial charge in [0.15, 0.2) is 5.16 Å². The first-order valence-electron chi connectivity index (χ1n) is 6.80. The number of rotatable bonds is 2. The van der Waals surface area contributed by atoms with Crippen molar-refractivity contribution in [1.29, 1.82) is 0 Å². The fourth-order valence-electron chi connectivity index (χ4n) is 2.54. The van der Waals surface area contributed by atoms with E-state index in [9.17, 15) is 4.79 Å². The molecule has 1 aliphatic heterocycles. The molecule has 3 rings (SSSR count). The number of hydrogen-bond acceptors (Lipinski definition) is 4. The second-order valence-electron chi connectivity index (χ2n) is 5.26. The number of halogens is 1. The summed E-state index contributed by atoms with van der Waals surface area (Å²) in [5, 5.41) is 1.28. The highest BCUT2D eigenvalue weighted by molar-refractivity contribution is 7.99. The van der Waals surface area contributed by atoms with Gasteiger partial charge in [-0.05, 0) is 19.9 Å². The molecule has 21 heavy (non-hydrogen) atoms. The minimum absolute atomic E-state index is 0.0575. The average Bonchev–Trinajstić information content (AvgIpc) is 2.81. The zero-order valence-corrected chi connectivity index (χ0v) is 13.4. The molecular weight excluding hydrogens is 306 g/mol. The van der Waals surface area contributed by atoms with Crippen molar-refractivity contribution in [3.63, 3.8) is 0 Å². The second kappa shape index (κ2) is 5.48. The van der Waals surface area contributed by atoms with Crippen LogP contribution in [0.1, 0.15) is 31.6 Å². The Morgan fingerprint density at radius 1 is 1.48 bits per heavy atom. The van der Waals surface area contributed by atoms with Crippen molar-refractivity contribution in [2.45, 2.75) is 31.1 Å². The Morgan fingerprint density at radius 3 is 2.86 bits per heavy atom. The largest absolute Gasteiger partial charge is 0.323 e. The van der Waals surface area contributed by atoms with Crippen molar-refractivity contribution in [2.75, 3.05) is 5.75 Å². The van der Waals surface area contributed by atoms with Gasteiger partial charge in [0.05, 0.1) is 11.3 Å². The molecule has 1 aromatic carbocycles. The van der Waals surface area contributed by atoms with Crippen molar-refractivity contribution in [1.82, 2.24) is 9.55 Å². The molecule has 0 saturated heterocycles. The molecule has 0 amide bonds. The van der Waals surface area contributed by atoms with E-state index in [0.29, 0.717) is 21.8 Å². The van der Waals surface area contributed by atoms with E-state index in [2.05, 4.69) is 4.98 Å². The fraction of sp³-hybridized carbons (Fsp3) is 0.333. The highest BCUT2D eigenvalue weighted by atomic mass is 35.5. The maximum Gasteiger partial charge on any atom is 0.262 e. The molecule has 1 aromatic heterocycles. The van der Waals surface area contributed by atoms with Crippen LogP contribution in [0.4, 0.5) is 0 Å². The molecule has 0 radical (unpaired) electrons. The molecule has 2 heterocycles. The van der Waals surface area contributed by atoms with Gasteiger partial charge in [-0.1, -0.05) is 41.6 Å². The summed E-state index contributed by atoms with van der Waals surface area (Å²) < 4.78 is 1.75. The zero-order chi connectivity index (χ0) is 15.1. The van der Waals surface area contributed by atoms with Gasteiger partial charge in [-0.2, -0.15) is 0 Å². The van der Waals surface area contributed by atoms with E-state index in [4.69, 9.17) is 17.3 Å². The van der Waals surface area contributed by atoms with Crippen molar-refractivity contribution in [3.05, 3.63) is 45.3 Å². The lowest BCUT2D eigenvalue weighted by atomic mass is 10.0. The first-order chi connectivity index (χ1) is 10.0. The van der Waals surface area contributed by atoms with Crippen LogP contribution in [0.2, 0.25) is 5.02 Å². The van der Waals surface area contributed by atoms with E-state index < -0.39 is 0 Å². The van der Waals surface area contributed by atoms with Gasteiger partial charge in [0, 0.05) is 28.4 Å². The Morgan fingerprint density at radius 2 is 2.19 bits per heavy atom. The van der Waals surface area contributed by atoms with Crippen molar-refractivity contribution in [2.24, 2.45) is 5.73 Å². The van der Waals surface area contributed by atoms with Gasteiger partial charge in [0.2, 0.25) is 0 Å². The Bertz CT molecular complexity index is 757. The molecule has 2 unspecified atom stereocenters. The maximum absolute atomic E-state index is 12.9. The number of nitrogens with zero attached hydrogens (tertiary/aromatic N) is 2.